The molecule has 0 aliphatic rings. The van der Waals surface area contributed by atoms with Gasteiger partial charge in [0.2, 0.25) is 5.95 Å². The number of anilines is 1. The number of nitrogens with one attached hydrogen (secondary N) is 2. The molecule has 0 saturated heterocycles. The van der Waals surface area contributed by atoms with E-state index in [-0.39, 0.29) is 17.2 Å². The highest BCUT2D eigenvalue weighted by Gasteiger charge is 2.14. The fraction of sp³-hybridized carbons (Fsp3) is 0. The number of benzene rings is 2. The molecule has 1 aromatic heterocycles. The Hall–Kier alpha value is -4.52. The zero-order valence-corrected chi connectivity index (χ0v) is 14.2. The number of aromatic amines is 1. The molecule has 0 radical (unpaired) electrons. The van der Waals surface area contributed by atoms with Crippen LogP contribution in [0.3, 0.4) is 0 Å². The molecular weight excluding hydrogens is 364 g/mol. The van der Waals surface area contributed by atoms with Crippen LogP contribution in [0.4, 0.5) is 11.6 Å². The van der Waals surface area contributed by atoms with Gasteiger partial charge in [0.25, 0.3) is 5.56 Å². The molecule has 0 fully saturated rings. The standard InChI is InChI=1S/C18H12N6O4/c19-9-13-16(12-4-2-1-3-5-12)21-18(22-17(13)26)23-20-10-11-6-7-15(25)14(8-11)24(27)28/h1-8,10,25H,(H2,21,22,23,26). The summed E-state index contributed by atoms with van der Waals surface area (Å²) in [6.45, 7) is 0. The highest BCUT2D eigenvalue weighted by Crippen LogP contribution is 2.25. The van der Waals surface area contributed by atoms with E-state index in [9.17, 15) is 25.3 Å². The van der Waals surface area contributed by atoms with Crippen LogP contribution in [0.1, 0.15) is 11.1 Å². The summed E-state index contributed by atoms with van der Waals surface area (Å²) < 4.78 is 0. The predicted octanol–water partition coefficient (Wildman–Crippen LogP) is 2.37. The van der Waals surface area contributed by atoms with E-state index in [0.717, 1.165) is 6.07 Å². The highest BCUT2D eigenvalue weighted by atomic mass is 16.6. The molecule has 3 rings (SSSR count). The molecule has 3 aromatic rings. The summed E-state index contributed by atoms with van der Waals surface area (Å²) in [4.78, 5) is 28.9. The van der Waals surface area contributed by atoms with Gasteiger partial charge in [0.15, 0.2) is 5.75 Å². The maximum absolute atomic E-state index is 12.1. The smallest absolute Gasteiger partial charge is 0.311 e. The molecule has 1 heterocycles. The third-order valence-electron chi connectivity index (χ3n) is 3.66. The van der Waals surface area contributed by atoms with Crippen LogP contribution in [0.5, 0.6) is 5.75 Å². The van der Waals surface area contributed by atoms with Crippen molar-refractivity contribution in [2.75, 3.05) is 5.43 Å². The van der Waals surface area contributed by atoms with E-state index in [1.54, 1.807) is 30.3 Å². The molecule has 3 N–H and O–H groups in total. The van der Waals surface area contributed by atoms with Gasteiger partial charge in [-0.2, -0.15) is 10.4 Å². The lowest BCUT2D eigenvalue weighted by Gasteiger charge is -2.06. The Kier molecular flexibility index (Phi) is 5.09. The highest BCUT2D eigenvalue weighted by molar-refractivity contribution is 5.82. The van der Waals surface area contributed by atoms with Gasteiger partial charge in [-0.1, -0.05) is 30.3 Å². The van der Waals surface area contributed by atoms with E-state index < -0.39 is 21.9 Å². The van der Waals surface area contributed by atoms with Gasteiger partial charge in [-0.05, 0) is 12.1 Å². The number of hydrogen-bond donors (Lipinski definition) is 3. The van der Waals surface area contributed by atoms with Crippen LogP contribution in [0.2, 0.25) is 0 Å². The maximum atomic E-state index is 12.1. The van der Waals surface area contributed by atoms with Crippen LogP contribution < -0.4 is 11.0 Å². The van der Waals surface area contributed by atoms with E-state index in [2.05, 4.69) is 20.5 Å². The van der Waals surface area contributed by atoms with Crippen LogP contribution >= 0.6 is 0 Å². The summed E-state index contributed by atoms with van der Waals surface area (Å²) in [5.74, 6) is -0.465. The minimum absolute atomic E-state index is 0.00705. The molecule has 0 bridgehead atoms. The second kappa shape index (κ2) is 7.79. The summed E-state index contributed by atoms with van der Waals surface area (Å²) in [6, 6.07) is 14.3. The molecule has 0 aliphatic heterocycles. The molecule has 0 atom stereocenters. The fourth-order valence-corrected chi connectivity index (χ4v) is 2.37. The maximum Gasteiger partial charge on any atom is 0.311 e. The number of aromatic hydroxyl groups is 1. The third-order valence-corrected chi connectivity index (χ3v) is 3.66. The van der Waals surface area contributed by atoms with Crippen molar-refractivity contribution in [1.29, 1.82) is 5.26 Å². The van der Waals surface area contributed by atoms with Gasteiger partial charge < -0.3 is 5.11 Å². The predicted molar refractivity (Wildman–Crippen MR) is 101 cm³/mol. The summed E-state index contributed by atoms with van der Waals surface area (Å²) in [6.07, 6.45) is 1.26. The van der Waals surface area contributed by atoms with Gasteiger partial charge in [-0.3, -0.25) is 19.9 Å². The molecule has 10 heteroatoms. The number of nitro benzene ring substituents is 1. The van der Waals surface area contributed by atoms with Gasteiger partial charge in [0.05, 0.1) is 16.8 Å². The van der Waals surface area contributed by atoms with E-state index >= 15 is 0 Å². The molecule has 0 aliphatic carbocycles. The Balaban J connectivity index is 1.90. The molecule has 28 heavy (non-hydrogen) atoms. The number of phenolic OH excluding ortho intramolecular Hbond substituents is 1. The molecule has 2 aromatic carbocycles. The minimum Gasteiger partial charge on any atom is -0.502 e. The first-order chi connectivity index (χ1) is 13.5. The summed E-state index contributed by atoms with van der Waals surface area (Å²) in [5.41, 5.74) is 2.43. The van der Waals surface area contributed by atoms with Crippen molar-refractivity contribution >= 4 is 17.9 Å². The fourth-order valence-electron chi connectivity index (χ4n) is 2.37. The quantitative estimate of drug-likeness (QED) is 0.350. The summed E-state index contributed by atoms with van der Waals surface area (Å²) in [5, 5.41) is 33.4. The lowest BCUT2D eigenvalue weighted by atomic mass is 10.1. The Morgan fingerprint density at radius 3 is 2.71 bits per heavy atom. The average molecular weight is 376 g/mol. The van der Waals surface area contributed by atoms with E-state index in [1.807, 2.05) is 6.07 Å². The first-order valence-corrected chi connectivity index (χ1v) is 7.86. The van der Waals surface area contributed by atoms with E-state index in [1.165, 1.54) is 18.3 Å². The average Bonchev–Trinajstić information content (AvgIpc) is 2.69. The second-order valence-electron chi connectivity index (χ2n) is 5.49. The van der Waals surface area contributed by atoms with E-state index in [4.69, 9.17) is 0 Å². The largest absolute Gasteiger partial charge is 0.502 e. The number of aromatic nitrogens is 2. The number of nitro groups is 1. The third kappa shape index (κ3) is 3.83. The molecular formula is C18H12N6O4. The molecule has 0 saturated carbocycles. The molecule has 138 valence electrons. The zero-order chi connectivity index (χ0) is 20.1. The van der Waals surface area contributed by atoms with Crippen molar-refractivity contribution in [2.24, 2.45) is 5.10 Å². The number of nitriles is 1. The summed E-state index contributed by atoms with van der Waals surface area (Å²) in [7, 11) is 0. The number of hydrogen-bond acceptors (Lipinski definition) is 8. The van der Waals surface area contributed by atoms with Gasteiger partial charge in [0.1, 0.15) is 11.6 Å². The Morgan fingerprint density at radius 2 is 2.04 bits per heavy atom. The number of phenols is 1. The zero-order valence-electron chi connectivity index (χ0n) is 14.2. The molecule has 10 nitrogen and oxygen atoms in total. The van der Waals surface area contributed by atoms with Crippen LogP contribution in [0.15, 0.2) is 58.4 Å². The monoisotopic (exact) mass is 376 g/mol. The van der Waals surface area contributed by atoms with Crippen LogP contribution in [-0.2, 0) is 0 Å². The van der Waals surface area contributed by atoms with Crippen molar-refractivity contribution in [3.05, 3.63) is 80.1 Å². The van der Waals surface area contributed by atoms with Crippen LogP contribution in [0.25, 0.3) is 11.3 Å². The topological polar surface area (TPSA) is 157 Å². The van der Waals surface area contributed by atoms with Crippen LogP contribution in [-0.4, -0.2) is 26.2 Å². The Labute approximate surface area is 157 Å². The van der Waals surface area contributed by atoms with Gasteiger partial charge in [-0.15, -0.1) is 0 Å². The van der Waals surface area contributed by atoms with E-state index in [0.29, 0.717) is 11.1 Å². The minimum atomic E-state index is -0.716. The number of H-pyrrole nitrogens is 1. The lowest BCUT2D eigenvalue weighted by molar-refractivity contribution is -0.385. The van der Waals surface area contributed by atoms with Crippen molar-refractivity contribution in [1.82, 2.24) is 9.97 Å². The van der Waals surface area contributed by atoms with Crippen molar-refractivity contribution in [2.45, 2.75) is 0 Å². The SMILES string of the molecule is N#Cc1c(-c2ccccc2)nc(NN=Cc2ccc(O)c([N+](=O)[O-])c2)[nH]c1=O. The van der Waals surface area contributed by atoms with Gasteiger partial charge >= 0.3 is 5.69 Å². The van der Waals surface area contributed by atoms with Crippen LogP contribution in [0, 0.1) is 21.4 Å². The Bertz CT molecular complexity index is 1160. The molecule has 0 amide bonds. The second-order valence-corrected chi connectivity index (χ2v) is 5.49. The number of nitrogens with zero attached hydrogens (tertiary/aromatic N) is 4. The van der Waals surface area contributed by atoms with Crippen molar-refractivity contribution < 1.29 is 10.0 Å². The summed E-state index contributed by atoms with van der Waals surface area (Å²) >= 11 is 0. The van der Waals surface area contributed by atoms with Crippen molar-refractivity contribution in [3.63, 3.8) is 0 Å². The van der Waals surface area contributed by atoms with Gasteiger partial charge in [0, 0.05) is 17.2 Å². The molecule has 0 spiro atoms. The van der Waals surface area contributed by atoms with Gasteiger partial charge in [-0.25, -0.2) is 10.4 Å². The lowest BCUT2D eigenvalue weighted by Crippen LogP contribution is -2.16. The number of rotatable bonds is 5. The first-order valence-electron chi connectivity index (χ1n) is 7.86. The molecule has 0 unspecified atom stereocenters. The number of hydrazone groups is 1. The normalized spacial score (nSPS) is 10.5. The van der Waals surface area contributed by atoms with Crippen molar-refractivity contribution in [3.8, 4) is 23.1 Å². The first kappa shape index (κ1) is 18.3. The Morgan fingerprint density at radius 1 is 1.29 bits per heavy atom.